The minimum Gasteiger partial charge on any atom is -0.497 e. The van der Waals surface area contributed by atoms with Gasteiger partial charge in [-0.05, 0) is 25.3 Å². The fourth-order valence-electron chi connectivity index (χ4n) is 3.17. The fourth-order valence-corrected chi connectivity index (χ4v) is 3.17. The van der Waals surface area contributed by atoms with Gasteiger partial charge in [0.25, 0.3) is 0 Å². The Balaban J connectivity index is 2.33. The van der Waals surface area contributed by atoms with E-state index in [1.165, 1.54) is 25.7 Å². The maximum atomic E-state index is 14.3. The second kappa shape index (κ2) is 7.02. The maximum absolute atomic E-state index is 14.3. The van der Waals surface area contributed by atoms with Crippen molar-refractivity contribution in [2.45, 2.75) is 45.1 Å². The van der Waals surface area contributed by atoms with Gasteiger partial charge in [-0.15, -0.1) is 0 Å². The molecule has 0 amide bonds. The van der Waals surface area contributed by atoms with E-state index in [2.05, 4.69) is 5.32 Å². The lowest BCUT2D eigenvalue weighted by molar-refractivity contribution is 0.263. The summed E-state index contributed by atoms with van der Waals surface area (Å²) in [7, 11) is 1.41. The molecule has 0 saturated heterocycles. The Morgan fingerprint density at radius 1 is 1.20 bits per heavy atom. The van der Waals surface area contributed by atoms with Gasteiger partial charge in [-0.2, -0.15) is 0 Å². The van der Waals surface area contributed by atoms with Crippen LogP contribution in [0.2, 0.25) is 0 Å². The molecule has 1 aromatic carbocycles. The summed E-state index contributed by atoms with van der Waals surface area (Å²) >= 11 is 0. The first-order valence-corrected chi connectivity index (χ1v) is 7.43. The minimum atomic E-state index is -0.515. The first kappa shape index (κ1) is 15.2. The van der Waals surface area contributed by atoms with Crippen molar-refractivity contribution in [3.63, 3.8) is 0 Å². The Hall–Kier alpha value is -1.16. The predicted octanol–water partition coefficient (Wildman–Crippen LogP) is 4.20. The zero-order chi connectivity index (χ0) is 14.5. The highest BCUT2D eigenvalue weighted by molar-refractivity contribution is 5.33. The molecule has 1 aromatic rings. The van der Waals surface area contributed by atoms with Gasteiger partial charge in [0.05, 0.1) is 7.11 Å². The van der Waals surface area contributed by atoms with Crippen LogP contribution in [0.1, 0.15) is 50.6 Å². The molecule has 2 nitrogen and oxygen atoms in total. The fraction of sp³-hybridized carbons (Fsp3) is 0.625. The summed E-state index contributed by atoms with van der Waals surface area (Å²) in [5, 5.41) is 3.27. The highest BCUT2D eigenvalue weighted by atomic mass is 19.1. The molecule has 1 saturated carbocycles. The number of ether oxygens (including phenoxy) is 1. The Kier molecular flexibility index (Phi) is 5.35. The van der Waals surface area contributed by atoms with Crippen molar-refractivity contribution in [1.29, 1.82) is 0 Å². The summed E-state index contributed by atoms with van der Waals surface area (Å²) in [5.74, 6) is -0.500. The largest absolute Gasteiger partial charge is 0.497 e. The first-order valence-electron chi connectivity index (χ1n) is 7.43. The van der Waals surface area contributed by atoms with Crippen LogP contribution in [0, 0.1) is 17.6 Å². The lowest BCUT2D eigenvalue weighted by Crippen LogP contribution is -2.31. The van der Waals surface area contributed by atoms with E-state index < -0.39 is 11.6 Å². The number of halogens is 2. The second-order valence-electron chi connectivity index (χ2n) is 5.44. The highest BCUT2D eigenvalue weighted by Crippen LogP contribution is 2.37. The molecule has 0 bridgehead atoms. The number of methoxy groups -OCH3 is 1. The smallest absolute Gasteiger partial charge is 0.134 e. The average molecular weight is 283 g/mol. The molecule has 20 heavy (non-hydrogen) atoms. The lowest BCUT2D eigenvalue weighted by Gasteiger charge is -2.31. The summed E-state index contributed by atoms with van der Waals surface area (Å²) in [4.78, 5) is 0. The van der Waals surface area contributed by atoms with Crippen molar-refractivity contribution in [3.8, 4) is 5.75 Å². The van der Waals surface area contributed by atoms with Crippen LogP contribution >= 0.6 is 0 Å². The minimum absolute atomic E-state index is 0.166. The van der Waals surface area contributed by atoms with Crippen LogP contribution in [0.15, 0.2) is 12.1 Å². The number of hydrogen-bond donors (Lipinski definition) is 1. The van der Waals surface area contributed by atoms with Crippen molar-refractivity contribution in [3.05, 3.63) is 29.3 Å². The highest BCUT2D eigenvalue weighted by Gasteiger charge is 2.29. The number of benzene rings is 1. The van der Waals surface area contributed by atoms with Gasteiger partial charge in [-0.1, -0.05) is 26.2 Å². The van der Waals surface area contributed by atoms with E-state index >= 15 is 0 Å². The molecule has 0 aromatic heterocycles. The third-order valence-electron chi connectivity index (χ3n) is 4.14. The molecule has 1 unspecified atom stereocenters. The lowest BCUT2D eigenvalue weighted by atomic mass is 9.80. The number of hydrogen-bond acceptors (Lipinski definition) is 2. The summed E-state index contributed by atoms with van der Waals surface area (Å²) in [6.07, 6.45) is 5.58. The molecular weight excluding hydrogens is 260 g/mol. The number of rotatable bonds is 5. The molecule has 112 valence electrons. The Bertz CT molecular complexity index is 421. The topological polar surface area (TPSA) is 21.3 Å². The molecule has 1 aliphatic carbocycles. The van der Waals surface area contributed by atoms with Crippen molar-refractivity contribution in [2.75, 3.05) is 13.7 Å². The van der Waals surface area contributed by atoms with Gasteiger partial charge in [-0.3, -0.25) is 0 Å². The Morgan fingerprint density at radius 2 is 1.80 bits per heavy atom. The second-order valence-corrected chi connectivity index (χ2v) is 5.44. The molecule has 0 aliphatic heterocycles. The van der Waals surface area contributed by atoms with Crippen molar-refractivity contribution >= 4 is 0 Å². The van der Waals surface area contributed by atoms with Crippen molar-refractivity contribution < 1.29 is 13.5 Å². The van der Waals surface area contributed by atoms with Gasteiger partial charge < -0.3 is 10.1 Å². The van der Waals surface area contributed by atoms with Gasteiger partial charge in [0, 0.05) is 23.7 Å². The quantitative estimate of drug-likeness (QED) is 0.874. The average Bonchev–Trinajstić information content (AvgIpc) is 2.46. The summed E-state index contributed by atoms with van der Waals surface area (Å²) in [6, 6.07) is 2.29. The summed E-state index contributed by atoms with van der Waals surface area (Å²) < 4.78 is 33.4. The van der Waals surface area contributed by atoms with Gasteiger partial charge in [0.15, 0.2) is 0 Å². The molecule has 0 heterocycles. The zero-order valence-electron chi connectivity index (χ0n) is 12.2. The van der Waals surface area contributed by atoms with Gasteiger partial charge in [-0.25, -0.2) is 8.78 Å². The molecule has 1 atom stereocenters. The number of nitrogens with one attached hydrogen (secondary N) is 1. The summed E-state index contributed by atoms with van der Waals surface area (Å²) in [5.41, 5.74) is 0.166. The monoisotopic (exact) mass is 283 g/mol. The SMILES string of the molecule is CCNC(c1c(F)cc(OC)cc1F)C1CCCCC1. The van der Waals surface area contributed by atoms with E-state index in [9.17, 15) is 8.78 Å². The van der Waals surface area contributed by atoms with Gasteiger partial charge >= 0.3 is 0 Å². The molecule has 4 heteroatoms. The van der Waals surface area contributed by atoms with Crippen LogP contribution < -0.4 is 10.1 Å². The molecule has 1 aliphatic rings. The van der Waals surface area contributed by atoms with Crippen LogP contribution in [0.25, 0.3) is 0 Å². The van der Waals surface area contributed by atoms with Crippen molar-refractivity contribution in [1.82, 2.24) is 5.32 Å². The normalized spacial score (nSPS) is 18.0. The van der Waals surface area contributed by atoms with E-state index in [0.29, 0.717) is 12.5 Å². The van der Waals surface area contributed by atoms with Gasteiger partial charge in [0.1, 0.15) is 17.4 Å². The van der Waals surface area contributed by atoms with Crippen LogP contribution in [0.4, 0.5) is 8.78 Å². The Morgan fingerprint density at radius 3 is 2.30 bits per heavy atom. The van der Waals surface area contributed by atoms with E-state index in [4.69, 9.17) is 4.74 Å². The standard InChI is InChI=1S/C16H23F2NO/c1-3-19-16(11-7-5-4-6-8-11)15-13(17)9-12(20-2)10-14(15)18/h9-11,16,19H,3-8H2,1-2H3. The molecule has 1 N–H and O–H groups in total. The third kappa shape index (κ3) is 3.29. The maximum Gasteiger partial charge on any atom is 0.134 e. The van der Waals surface area contributed by atoms with E-state index in [1.807, 2.05) is 6.92 Å². The molecule has 1 fully saturated rings. The van der Waals surface area contributed by atoms with Crippen LogP contribution in [0.5, 0.6) is 5.75 Å². The molecule has 2 rings (SSSR count). The third-order valence-corrected chi connectivity index (χ3v) is 4.14. The van der Waals surface area contributed by atoms with Crippen LogP contribution in [-0.2, 0) is 0 Å². The zero-order valence-corrected chi connectivity index (χ0v) is 12.2. The van der Waals surface area contributed by atoms with E-state index in [-0.39, 0.29) is 17.4 Å². The van der Waals surface area contributed by atoms with Gasteiger partial charge in [0.2, 0.25) is 0 Å². The molecule has 0 spiro atoms. The molecular formula is C16H23F2NO. The summed E-state index contributed by atoms with van der Waals surface area (Å²) in [6.45, 7) is 2.67. The molecule has 0 radical (unpaired) electrons. The van der Waals surface area contributed by atoms with Crippen LogP contribution in [-0.4, -0.2) is 13.7 Å². The van der Waals surface area contributed by atoms with Crippen LogP contribution in [0.3, 0.4) is 0 Å². The van der Waals surface area contributed by atoms with Crippen molar-refractivity contribution in [2.24, 2.45) is 5.92 Å². The predicted molar refractivity (Wildman–Crippen MR) is 75.9 cm³/mol. The Labute approximate surface area is 119 Å². The van der Waals surface area contributed by atoms with E-state index in [0.717, 1.165) is 25.7 Å². The van der Waals surface area contributed by atoms with E-state index in [1.54, 1.807) is 0 Å². The first-order chi connectivity index (χ1) is 9.67.